The van der Waals surface area contributed by atoms with E-state index in [9.17, 15) is 0 Å². The SMILES string of the molecule is CNC(CN(C)C)C1CCOC2(CCCC2)C1. The van der Waals surface area contributed by atoms with Gasteiger partial charge in [-0.2, -0.15) is 0 Å². The maximum absolute atomic E-state index is 6.11. The van der Waals surface area contributed by atoms with Gasteiger partial charge in [0.1, 0.15) is 0 Å². The average molecular weight is 240 g/mol. The van der Waals surface area contributed by atoms with Gasteiger partial charge in [-0.1, -0.05) is 12.8 Å². The van der Waals surface area contributed by atoms with Crippen molar-refractivity contribution in [1.82, 2.24) is 10.2 Å². The van der Waals surface area contributed by atoms with Crippen LogP contribution in [0.5, 0.6) is 0 Å². The second-order valence-electron chi connectivity index (χ2n) is 6.15. The Balaban J connectivity index is 1.95. The van der Waals surface area contributed by atoms with Crippen molar-refractivity contribution in [3.8, 4) is 0 Å². The molecule has 0 amide bonds. The number of hydrogen-bond donors (Lipinski definition) is 1. The van der Waals surface area contributed by atoms with Gasteiger partial charge in [-0.15, -0.1) is 0 Å². The lowest BCUT2D eigenvalue weighted by Gasteiger charge is -2.42. The fraction of sp³-hybridized carbons (Fsp3) is 1.00. The Morgan fingerprint density at radius 2 is 2.06 bits per heavy atom. The van der Waals surface area contributed by atoms with Gasteiger partial charge >= 0.3 is 0 Å². The van der Waals surface area contributed by atoms with Gasteiger partial charge < -0.3 is 15.0 Å². The topological polar surface area (TPSA) is 24.5 Å². The molecule has 1 aliphatic heterocycles. The molecule has 0 aromatic heterocycles. The van der Waals surface area contributed by atoms with Crippen LogP contribution < -0.4 is 5.32 Å². The van der Waals surface area contributed by atoms with E-state index in [2.05, 4.69) is 31.4 Å². The molecule has 3 heteroatoms. The molecule has 2 aliphatic rings. The lowest BCUT2D eigenvalue weighted by molar-refractivity contribution is -0.0983. The van der Waals surface area contributed by atoms with Crippen LogP contribution in [0.25, 0.3) is 0 Å². The smallest absolute Gasteiger partial charge is 0.0685 e. The number of nitrogens with one attached hydrogen (secondary N) is 1. The first-order valence-corrected chi connectivity index (χ1v) is 7.11. The van der Waals surface area contributed by atoms with Crippen molar-refractivity contribution in [1.29, 1.82) is 0 Å². The van der Waals surface area contributed by atoms with Crippen LogP contribution in [0.2, 0.25) is 0 Å². The fourth-order valence-electron chi connectivity index (χ4n) is 3.65. The highest BCUT2D eigenvalue weighted by Crippen LogP contribution is 2.42. The van der Waals surface area contributed by atoms with Gasteiger partial charge in [-0.25, -0.2) is 0 Å². The summed E-state index contributed by atoms with van der Waals surface area (Å²) < 4.78 is 6.11. The minimum Gasteiger partial charge on any atom is -0.375 e. The van der Waals surface area contributed by atoms with Gasteiger partial charge in [0.05, 0.1) is 5.60 Å². The Hall–Kier alpha value is -0.120. The van der Waals surface area contributed by atoms with Crippen LogP contribution in [0.4, 0.5) is 0 Å². The maximum Gasteiger partial charge on any atom is 0.0685 e. The lowest BCUT2D eigenvalue weighted by Crippen LogP contribution is -2.48. The van der Waals surface area contributed by atoms with Gasteiger partial charge in [0.15, 0.2) is 0 Å². The van der Waals surface area contributed by atoms with Crippen molar-refractivity contribution >= 4 is 0 Å². The molecule has 100 valence electrons. The monoisotopic (exact) mass is 240 g/mol. The fourth-order valence-corrected chi connectivity index (χ4v) is 3.65. The highest BCUT2D eigenvalue weighted by molar-refractivity contribution is 4.94. The molecule has 1 saturated carbocycles. The molecule has 0 radical (unpaired) electrons. The first-order valence-electron chi connectivity index (χ1n) is 7.11. The third kappa shape index (κ3) is 3.21. The quantitative estimate of drug-likeness (QED) is 0.812. The van der Waals surface area contributed by atoms with Crippen LogP contribution in [0.1, 0.15) is 38.5 Å². The van der Waals surface area contributed by atoms with Gasteiger partial charge in [0.2, 0.25) is 0 Å². The zero-order chi connectivity index (χ0) is 12.3. The molecule has 2 unspecified atom stereocenters. The molecule has 2 fully saturated rings. The van der Waals surface area contributed by atoms with Crippen LogP contribution in [0, 0.1) is 5.92 Å². The third-order valence-electron chi connectivity index (χ3n) is 4.55. The second-order valence-corrected chi connectivity index (χ2v) is 6.15. The number of nitrogens with zero attached hydrogens (tertiary/aromatic N) is 1. The molecule has 1 saturated heterocycles. The van der Waals surface area contributed by atoms with Gasteiger partial charge in [0, 0.05) is 19.2 Å². The van der Waals surface area contributed by atoms with Crippen molar-refractivity contribution in [3.05, 3.63) is 0 Å². The highest BCUT2D eigenvalue weighted by atomic mass is 16.5. The van der Waals surface area contributed by atoms with Crippen LogP contribution >= 0.6 is 0 Å². The normalized spacial score (nSPS) is 30.0. The lowest BCUT2D eigenvalue weighted by atomic mass is 9.80. The Labute approximate surface area is 106 Å². The van der Waals surface area contributed by atoms with E-state index < -0.39 is 0 Å². The summed E-state index contributed by atoms with van der Waals surface area (Å²) >= 11 is 0. The molecule has 1 aliphatic carbocycles. The summed E-state index contributed by atoms with van der Waals surface area (Å²) in [5, 5.41) is 3.51. The van der Waals surface area contributed by atoms with Crippen LogP contribution in [-0.4, -0.2) is 50.8 Å². The summed E-state index contributed by atoms with van der Waals surface area (Å²) in [7, 11) is 6.43. The molecule has 0 aromatic rings. The number of rotatable bonds is 4. The van der Waals surface area contributed by atoms with Crippen molar-refractivity contribution in [3.63, 3.8) is 0 Å². The Bertz CT molecular complexity index is 236. The van der Waals surface area contributed by atoms with Crippen LogP contribution in [0.3, 0.4) is 0 Å². The minimum atomic E-state index is 0.254. The zero-order valence-electron chi connectivity index (χ0n) is 11.7. The number of hydrogen-bond acceptors (Lipinski definition) is 3. The third-order valence-corrected chi connectivity index (χ3v) is 4.55. The van der Waals surface area contributed by atoms with E-state index in [0.29, 0.717) is 6.04 Å². The summed E-state index contributed by atoms with van der Waals surface area (Å²) in [5.41, 5.74) is 0.254. The molecule has 1 heterocycles. The molecular formula is C14H28N2O. The van der Waals surface area contributed by atoms with E-state index in [1.54, 1.807) is 0 Å². The summed E-state index contributed by atoms with van der Waals surface area (Å²) in [6, 6.07) is 0.617. The van der Waals surface area contributed by atoms with Crippen LogP contribution in [0.15, 0.2) is 0 Å². The molecule has 2 rings (SSSR count). The van der Waals surface area contributed by atoms with Crippen molar-refractivity contribution in [2.45, 2.75) is 50.2 Å². The predicted molar refractivity (Wildman–Crippen MR) is 71.3 cm³/mol. The van der Waals surface area contributed by atoms with E-state index in [1.165, 1.54) is 38.5 Å². The number of ether oxygens (including phenoxy) is 1. The van der Waals surface area contributed by atoms with E-state index >= 15 is 0 Å². The molecule has 3 nitrogen and oxygen atoms in total. The molecule has 1 spiro atoms. The van der Waals surface area contributed by atoms with Crippen molar-refractivity contribution in [2.75, 3.05) is 34.3 Å². The largest absolute Gasteiger partial charge is 0.375 e. The van der Waals surface area contributed by atoms with Gasteiger partial charge in [0.25, 0.3) is 0 Å². The van der Waals surface area contributed by atoms with Crippen molar-refractivity contribution in [2.24, 2.45) is 5.92 Å². The summed E-state index contributed by atoms with van der Waals surface area (Å²) in [5.74, 6) is 0.786. The Morgan fingerprint density at radius 3 is 2.65 bits per heavy atom. The summed E-state index contributed by atoms with van der Waals surface area (Å²) in [4.78, 5) is 2.29. The van der Waals surface area contributed by atoms with E-state index in [0.717, 1.165) is 19.1 Å². The minimum absolute atomic E-state index is 0.254. The molecular weight excluding hydrogens is 212 g/mol. The van der Waals surface area contributed by atoms with Gasteiger partial charge in [-0.05, 0) is 52.7 Å². The van der Waals surface area contributed by atoms with E-state index in [1.807, 2.05) is 0 Å². The molecule has 2 atom stereocenters. The molecule has 0 aromatic carbocycles. The number of likely N-dealkylation sites (N-methyl/N-ethyl adjacent to an activating group) is 2. The van der Waals surface area contributed by atoms with Crippen LogP contribution in [-0.2, 0) is 4.74 Å². The second kappa shape index (κ2) is 5.68. The molecule has 0 bridgehead atoms. The Kier molecular flexibility index (Phi) is 4.45. The summed E-state index contributed by atoms with van der Waals surface area (Å²) in [6.07, 6.45) is 7.81. The van der Waals surface area contributed by atoms with E-state index in [-0.39, 0.29) is 5.60 Å². The summed E-state index contributed by atoms with van der Waals surface area (Å²) in [6.45, 7) is 2.10. The first-order chi connectivity index (χ1) is 8.15. The highest BCUT2D eigenvalue weighted by Gasteiger charge is 2.41. The zero-order valence-corrected chi connectivity index (χ0v) is 11.7. The molecule has 1 N–H and O–H groups in total. The van der Waals surface area contributed by atoms with Crippen molar-refractivity contribution < 1.29 is 4.74 Å². The maximum atomic E-state index is 6.11. The van der Waals surface area contributed by atoms with Gasteiger partial charge in [-0.3, -0.25) is 0 Å². The predicted octanol–water partition coefficient (Wildman–Crippen LogP) is 1.88. The Morgan fingerprint density at radius 1 is 1.35 bits per heavy atom. The van der Waals surface area contributed by atoms with E-state index in [4.69, 9.17) is 4.74 Å². The average Bonchev–Trinajstić information content (AvgIpc) is 2.74. The first kappa shape index (κ1) is 13.3. The standard InChI is InChI=1S/C14H28N2O/c1-15-13(11-16(2)3)12-6-9-17-14(10-12)7-4-5-8-14/h12-13,15H,4-11H2,1-3H3. The molecule has 17 heavy (non-hydrogen) atoms.